The summed E-state index contributed by atoms with van der Waals surface area (Å²) in [6.45, 7) is 1.20. The van der Waals surface area contributed by atoms with Gasteiger partial charge in [-0.2, -0.15) is 0 Å². The number of aromatic nitrogens is 1. The maximum Gasteiger partial charge on any atom is 0.410 e. The second kappa shape index (κ2) is 10.7. The maximum absolute atomic E-state index is 13.2. The van der Waals surface area contributed by atoms with Crippen LogP contribution in [0.25, 0.3) is 5.57 Å². The number of fused-ring (bicyclic) bond motifs is 1. The number of rotatable bonds is 7. The van der Waals surface area contributed by atoms with Crippen LogP contribution in [0.1, 0.15) is 34.5 Å². The number of nitrogens with zero attached hydrogens (tertiary/aromatic N) is 2. The lowest BCUT2D eigenvalue weighted by atomic mass is 10.0. The number of halogens is 1. The summed E-state index contributed by atoms with van der Waals surface area (Å²) in [5.41, 5.74) is 8.31. The molecule has 2 fully saturated rings. The Morgan fingerprint density at radius 3 is 2.89 bits per heavy atom. The van der Waals surface area contributed by atoms with Crippen molar-refractivity contribution < 1.29 is 23.8 Å². The van der Waals surface area contributed by atoms with Crippen LogP contribution in [0.5, 0.6) is 11.6 Å². The zero-order valence-electron chi connectivity index (χ0n) is 20.3. The number of nitrogens with one attached hydrogen (secondary N) is 2. The number of piperidine rings is 1. The number of dihydropyridines is 1. The van der Waals surface area contributed by atoms with Gasteiger partial charge in [0.25, 0.3) is 5.91 Å². The van der Waals surface area contributed by atoms with Gasteiger partial charge < -0.3 is 35.5 Å². The molecule has 194 valence electrons. The molecule has 37 heavy (non-hydrogen) atoms. The largest absolute Gasteiger partial charge is 0.488 e. The zero-order chi connectivity index (χ0) is 25.9. The highest BCUT2D eigenvalue weighted by atomic mass is 35.5. The summed E-state index contributed by atoms with van der Waals surface area (Å²) in [5.74, 6) is 0.257. The summed E-state index contributed by atoms with van der Waals surface area (Å²) in [6, 6.07) is 8.86. The van der Waals surface area contributed by atoms with E-state index in [4.69, 9.17) is 31.5 Å². The molecule has 3 aliphatic rings. The number of methoxy groups -OCH3 is 1. The molecule has 10 nitrogen and oxygen atoms in total. The Kier molecular flexibility index (Phi) is 7.20. The lowest BCUT2D eigenvalue weighted by molar-refractivity contribution is 0.0908. The molecule has 1 unspecified atom stereocenters. The van der Waals surface area contributed by atoms with Crippen molar-refractivity contribution in [3.8, 4) is 11.6 Å². The Morgan fingerprint density at radius 2 is 2.16 bits per heavy atom. The van der Waals surface area contributed by atoms with Crippen LogP contribution < -0.4 is 25.8 Å². The summed E-state index contributed by atoms with van der Waals surface area (Å²) >= 11 is 5.96. The Balaban J connectivity index is 1.42. The number of carbonyl (C=O) groups is 2. The molecule has 3 atom stereocenters. The van der Waals surface area contributed by atoms with E-state index >= 15 is 0 Å². The lowest BCUT2D eigenvalue weighted by Crippen LogP contribution is -2.44. The minimum Gasteiger partial charge on any atom is -0.488 e. The van der Waals surface area contributed by atoms with Gasteiger partial charge in [-0.15, -0.1) is 0 Å². The number of benzene rings is 1. The molecule has 4 N–H and O–H groups in total. The van der Waals surface area contributed by atoms with Crippen LogP contribution in [0.4, 0.5) is 4.79 Å². The van der Waals surface area contributed by atoms with Gasteiger partial charge in [0.2, 0.25) is 5.88 Å². The number of nitrogens with two attached hydrogens (primary N) is 1. The first-order valence-corrected chi connectivity index (χ1v) is 12.4. The van der Waals surface area contributed by atoms with E-state index in [0.717, 1.165) is 11.1 Å². The summed E-state index contributed by atoms with van der Waals surface area (Å²) in [6.07, 6.45) is 5.89. The smallest absolute Gasteiger partial charge is 0.410 e. The number of pyridine rings is 1. The Morgan fingerprint density at radius 1 is 1.35 bits per heavy atom. The zero-order valence-corrected chi connectivity index (χ0v) is 21.0. The van der Waals surface area contributed by atoms with E-state index in [0.29, 0.717) is 49.0 Å². The van der Waals surface area contributed by atoms with E-state index in [1.807, 2.05) is 18.2 Å². The fraction of sp³-hybridized carbons (Fsp3) is 0.346. The fourth-order valence-electron chi connectivity index (χ4n) is 4.57. The van der Waals surface area contributed by atoms with Crippen LogP contribution in [-0.4, -0.2) is 60.5 Å². The molecule has 3 aliphatic heterocycles. The minimum absolute atomic E-state index is 0.0310. The first-order valence-electron chi connectivity index (χ1n) is 12.0. The average Bonchev–Trinajstić information content (AvgIpc) is 3.28. The Labute approximate surface area is 219 Å². The van der Waals surface area contributed by atoms with Crippen LogP contribution >= 0.6 is 11.6 Å². The van der Waals surface area contributed by atoms with Gasteiger partial charge >= 0.3 is 6.09 Å². The standard InChI is InChI=1S/C26H28ClN5O5/c1-35-25-20(24(33)30-12-15-2-5-17(27)6-3-15)11-21(23(31-25)16-4-7-22(28)29-13-16)37-19-8-9-32-18(10-19)14-36-26(32)34/h2-7,11,13,18-19,22,29H,8-10,12,14,28H2,1H3,(H,30,33)/t18-,19-,22?/m0/s1. The number of amides is 2. The maximum atomic E-state index is 13.2. The second-order valence-corrected chi connectivity index (χ2v) is 9.48. The lowest BCUT2D eigenvalue weighted by Gasteiger charge is -2.33. The van der Waals surface area contributed by atoms with E-state index in [2.05, 4.69) is 15.6 Å². The quantitative estimate of drug-likeness (QED) is 0.503. The third-order valence-corrected chi connectivity index (χ3v) is 6.79. The number of allylic oxidation sites excluding steroid dienone is 2. The highest BCUT2D eigenvalue weighted by Crippen LogP contribution is 2.34. The average molecular weight is 526 g/mol. The van der Waals surface area contributed by atoms with Crippen molar-refractivity contribution in [3.63, 3.8) is 0 Å². The summed E-state index contributed by atoms with van der Waals surface area (Å²) in [5, 5.41) is 6.59. The highest BCUT2D eigenvalue weighted by molar-refractivity contribution is 6.30. The summed E-state index contributed by atoms with van der Waals surface area (Å²) in [4.78, 5) is 31.5. The van der Waals surface area contributed by atoms with Crippen molar-refractivity contribution in [2.24, 2.45) is 5.73 Å². The number of ether oxygens (including phenoxy) is 3. The minimum atomic E-state index is -0.353. The van der Waals surface area contributed by atoms with Crippen molar-refractivity contribution >= 4 is 29.2 Å². The molecule has 4 heterocycles. The third kappa shape index (κ3) is 5.50. The van der Waals surface area contributed by atoms with Gasteiger partial charge in [-0.3, -0.25) is 4.79 Å². The van der Waals surface area contributed by atoms with Crippen molar-refractivity contribution in [1.29, 1.82) is 0 Å². The summed E-state index contributed by atoms with van der Waals surface area (Å²) in [7, 11) is 1.47. The highest BCUT2D eigenvalue weighted by Gasteiger charge is 2.39. The molecular weight excluding hydrogens is 498 g/mol. The van der Waals surface area contributed by atoms with E-state index in [-0.39, 0.29) is 41.8 Å². The van der Waals surface area contributed by atoms with Gasteiger partial charge in [0.05, 0.1) is 19.3 Å². The molecule has 11 heteroatoms. The van der Waals surface area contributed by atoms with Crippen molar-refractivity contribution in [1.82, 2.24) is 20.5 Å². The molecule has 0 aliphatic carbocycles. The first kappa shape index (κ1) is 24.9. The number of hydrogen-bond acceptors (Lipinski definition) is 8. The van der Waals surface area contributed by atoms with E-state index in [1.165, 1.54) is 7.11 Å². The molecule has 0 spiro atoms. The Bertz CT molecular complexity index is 1250. The third-order valence-electron chi connectivity index (χ3n) is 6.54. The van der Waals surface area contributed by atoms with E-state index in [9.17, 15) is 9.59 Å². The second-order valence-electron chi connectivity index (χ2n) is 9.04. The molecule has 0 bridgehead atoms. The van der Waals surface area contributed by atoms with Crippen molar-refractivity contribution in [2.45, 2.75) is 37.7 Å². The van der Waals surface area contributed by atoms with Crippen LogP contribution in [0, 0.1) is 0 Å². The van der Waals surface area contributed by atoms with Gasteiger partial charge in [0, 0.05) is 48.8 Å². The molecule has 5 rings (SSSR count). The monoisotopic (exact) mass is 525 g/mol. The number of cyclic esters (lactones) is 1. The van der Waals surface area contributed by atoms with Crippen LogP contribution in [0.3, 0.4) is 0 Å². The van der Waals surface area contributed by atoms with Gasteiger partial charge in [-0.1, -0.05) is 29.8 Å². The first-order chi connectivity index (χ1) is 17.9. The van der Waals surface area contributed by atoms with E-state index in [1.54, 1.807) is 35.4 Å². The predicted molar refractivity (Wildman–Crippen MR) is 137 cm³/mol. The normalized spacial score (nSPS) is 22.5. The van der Waals surface area contributed by atoms with Gasteiger partial charge in [-0.25, -0.2) is 9.78 Å². The fourth-order valence-corrected chi connectivity index (χ4v) is 4.69. The van der Waals surface area contributed by atoms with Gasteiger partial charge in [-0.05, 0) is 23.8 Å². The Hall–Kier alpha value is -3.76. The molecule has 1 aromatic carbocycles. The topological polar surface area (TPSA) is 128 Å². The summed E-state index contributed by atoms with van der Waals surface area (Å²) < 4.78 is 17.1. The molecule has 0 saturated carbocycles. The molecule has 1 aromatic heterocycles. The van der Waals surface area contributed by atoms with Crippen molar-refractivity contribution in [2.75, 3.05) is 20.3 Å². The molecule has 2 amide bonds. The molecular formula is C26H28ClN5O5. The van der Waals surface area contributed by atoms with Crippen molar-refractivity contribution in [3.05, 3.63) is 70.5 Å². The number of carbonyl (C=O) groups excluding carboxylic acids is 2. The van der Waals surface area contributed by atoms with E-state index < -0.39 is 0 Å². The van der Waals surface area contributed by atoms with Crippen LogP contribution in [-0.2, 0) is 11.3 Å². The SMILES string of the molecule is COc1nc(C2=CNC(N)C=C2)c(O[C@H]2CCN3C(=O)OC[C@@H]3C2)cc1C(=O)NCc1ccc(Cl)cc1. The van der Waals surface area contributed by atoms with Crippen LogP contribution in [0.2, 0.25) is 5.02 Å². The van der Waals surface area contributed by atoms with Gasteiger partial charge in [0.15, 0.2) is 0 Å². The number of hydrogen-bond donors (Lipinski definition) is 3. The molecule has 2 saturated heterocycles. The molecule has 2 aromatic rings. The molecule has 0 radical (unpaired) electrons. The predicted octanol–water partition coefficient (Wildman–Crippen LogP) is 2.82. The van der Waals surface area contributed by atoms with Gasteiger partial charge in [0.1, 0.15) is 29.7 Å². The van der Waals surface area contributed by atoms with Crippen LogP contribution in [0.15, 0.2) is 48.7 Å².